The molecule has 1 aromatic rings. The number of carboxylic acid groups (broad SMARTS) is 1. The molecule has 0 spiro atoms. The molecule has 0 bridgehead atoms. The third-order valence-corrected chi connectivity index (χ3v) is 2.55. The zero-order chi connectivity index (χ0) is 16.4. The van der Waals surface area contributed by atoms with Crippen LogP contribution in [0.2, 0.25) is 0 Å². The highest BCUT2D eigenvalue weighted by Gasteiger charge is 2.37. The Kier molecular flexibility index (Phi) is 4.76. The van der Waals surface area contributed by atoms with Gasteiger partial charge in [0.25, 0.3) is 0 Å². The fourth-order valence-corrected chi connectivity index (χ4v) is 1.89. The fourth-order valence-electron chi connectivity index (χ4n) is 1.89. The highest BCUT2D eigenvalue weighted by atomic mass is 19.4. The van der Waals surface area contributed by atoms with Gasteiger partial charge in [0.2, 0.25) is 5.82 Å². The van der Waals surface area contributed by atoms with Gasteiger partial charge in [-0.3, -0.25) is 14.9 Å². The molecule has 1 aromatic heterocycles. The summed E-state index contributed by atoms with van der Waals surface area (Å²) < 4.78 is 38.7. The number of nitrogens with zero attached hydrogens (tertiary/aromatic N) is 4. The molecule has 0 aromatic carbocycles. The van der Waals surface area contributed by atoms with E-state index in [-0.39, 0.29) is 12.2 Å². The van der Waals surface area contributed by atoms with Gasteiger partial charge < -0.3 is 10.0 Å². The monoisotopic (exact) mass is 310 g/mol. The van der Waals surface area contributed by atoms with E-state index in [9.17, 15) is 28.1 Å². The maximum Gasteiger partial charge on any atom is 0.405 e. The molecule has 0 aliphatic rings. The minimum Gasteiger partial charge on any atom is -0.480 e. The third kappa shape index (κ3) is 4.07. The number of nitro groups is 1. The van der Waals surface area contributed by atoms with E-state index in [0.29, 0.717) is 4.90 Å². The van der Waals surface area contributed by atoms with Crippen LogP contribution in [0.5, 0.6) is 0 Å². The minimum absolute atomic E-state index is 0.0674. The number of hydrogen-bond acceptors (Lipinski definition) is 5. The lowest BCUT2D eigenvalue weighted by atomic mass is 10.3. The van der Waals surface area contributed by atoms with Gasteiger partial charge in [0.1, 0.15) is 18.8 Å². The SMILES string of the molecule is CCn1nc(C)c([N+](=O)[O-])c1N(CC(=O)O)CC(F)(F)F. The second-order valence-electron chi connectivity index (χ2n) is 4.20. The first-order valence-corrected chi connectivity index (χ1v) is 5.82. The maximum absolute atomic E-state index is 12.6. The van der Waals surface area contributed by atoms with Gasteiger partial charge in [-0.05, 0) is 13.8 Å². The number of aromatic nitrogens is 2. The van der Waals surface area contributed by atoms with Crippen LogP contribution in [-0.4, -0.2) is 45.0 Å². The lowest BCUT2D eigenvalue weighted by molar-refractivity contribution is -0.384. The molecule has 0 aliphatic heterocycles. The lowest BCUT2D eigenvalue weighted by Crippen LogP contribution is -2.39. The van der Waals surface area contributed by atoms with Crippen LogP contribution < -0.4 is 4.90 Å². The number of rotatable bonds is 6. The predicted molar refractivity (Wildman–Crippen MR) is 65.2 cm³/mol. The molecule has 8 nitrogen and oxygen atoms in total. The van der Waals surface area contributed by atoms with E-state index < -0.39 is 41.7 Å². The molecule has 0 amide bonds. The van der Waals surface area contributed by atoms with Crippen molar-refractivity contribution >= 4 is 17.5 Å². The number of halogens is 3. The Morgan fingerprint density at radius 3 is 2.48 bits per heavy atom. The van der Waals surface area contributed by atoms with Crippen molar-refractivity contribution in [3.8, 4) is 0 Å². The quantitative estimate of drug-likeness (QED) is 0.632. The number of aliphatic carboxylic acids is 1. The molecule has 0 aliphatic carbocycles. The van der Waals surface area contributed by atoms with E-state index in [0.717, 1.165) is 4.68 Å². The summed E-state index contributed by atoms with van der Waals surface area (Å²) in [5, 5.41) is 23.5. The van der Waals surface area contributed by atoms with Crippen LogP contribution in [0.1, 0.15) is 12.6 Å². The third-order valence-electron chi connectivity index (χ3n) is 2.55. The molecule has 1 heterocycles. The zero-order valence-corrected chi connectivity index (χ0v) is 11.2. The van der Waals surface area contributed by atoms with Crippen LogP contribution >= 0.6 is 0 Å². The molecule has 0 radical (unpaired) electrons. The molecule has 118 valence electrons. The minimum atomic E-state index is -4.71. The molecule has 0 saturated carbocycles. The van der Waals surface area contributed by atoms with Crippen molar-refractivity contribution in [1.29, 1.82) is 0 Å². The van der Waals surface area contributed by atoms with Crippen LogP contribution in [0.4, 0.5) is 24.7 Å². The molecule has 0 saturated heterocycles. The molecular weight excluding hydrogens is 297 g/mol. The van der Waals surface area contributed by atoms with Crippen molar-refractivity contribution < 1.29 is 28.0 Å². The van der Waals surface area contributed by atoms with E-state index in [1.165, 1.54) is 13.8 Å². The molecule has 1 rings (SSSR count). The number of alkyl halides is 3. The van der Waals surface area contributed by atoms with Gasteiger partial charge >= 0.3 is 17.8 Å². The van der Waals surface area contributed by atoms with Crippen LogP contribution in [0.25, 0.3) is 0 Å². The molecule has 1 N–H and O–H groups in total. The average Bonchev–Trinajstić information content (AvgIpc) is 2.62. The average molecular weight is 310 g/mol. The molecule has 0 atom stereocenters. The highest BCUT2D eigenvalue weighted by molar-refractivity contribution is 5.75. The number of hydrogen-bond donors (Lipinski definition) is 1. The van der Waals surface area contributed by atoms with Gasteiger partial charge in [0, 0.05) is 6.54 Å². The van der Waals surface area contributed by atoms with Gasteiger partial charge in [-0.2, -0.15) is 18.3 Å². The Morgan fingerprint density at radius 1 is 1.52 bits per heavy atom. The van der Waals surface area contributed by atoms with Crippen LogP contribution in [-0.2, 0) is 11.3 Å². The summed E-state index contributed by atoms with van der Waals surface area (Å²) in [5.74, 6) is -1.99. The topological polar surface area (TPSA) is 101 Å². The second-order valence-corrected chi connectivity index (χ2v) is 4.20. The van der Waals surface area contributed by atoms with Crippen molar-refractivity contribution in [3.05, 3.63) is 15.8 Å². The molecule has 21 heavy (non-hydrogen) atoms. The van der Waals surface area contributed by atoms with E-state index >= 15 is 0 Å². The van der Waals surface area contributed by atoms with E-state index in [1.54, 1.807) is 0 Å². The van der Waals surface area contributed by atoms with Gasteiger partial charge in [0.05, 0.1) is 4.92 Å². The van der Waals surface area contributed by atoms with E-state index in [4.69, 9.17) is 5.11 Å². The fraction of sp³-hybridized carbons (Fsp3) is 0.600. The summed E-state index contributed by atoms with van der Waals surface area (Å²) in [6.07, 6.45) is -4.71. The molecule has 11 heteroatoms. The first-order chi connectivity index (χ1) is 9.56. The number of carbonyl (C=O) groups is 1. The zero-order valence-electron chi connectivity index (χ0n) is 11.2. The van der Waals surface area contributed by atoms with Crippen molar-refractivity contribution in [2.24, 2.45) is 0 Å². The van der Waals surface area contributed by atoms with Gasteiger partial charge in [0.15, 0.2) is 0 Å². The smallest absolute Gasteiger partial charge is 0.405 e. The predicted octanol–water partition coefficient (Wildman–Crippen LogP) is 1.57. The Bertz CT molecular complexity index is 555. The van der Waals surface area contributed by atoms with Crippen LogP contribution in [0.15, 0.2) is 0 Å². The van der Waals surface area contributed by atoms with Crippen LogP contribution in [0.3, 0.4) is 0 Å². The normalized spacial score (nSPS) is 11.5. The van der Waals surface area contributed by atoms with Gasteiger partial charge in [-0.15, -0.1) is 0 Å². The lowest BCUT2D eigenvalue weighted by Gasteiger charge is -2.23. The largest absolute Gasteiger partial charge is 0.480 e. The summed E-state index contributed by atoms with van der Waals surface area (Å²) in [4.78, 5) is 21.3. The van der Waals surface area contributed by atoms with Crippen LogP contribution in [0, 0.1) is 17.0 Å². The highest BCUT2D eigenvalue weighted by Crippen LogP contribution is 2.33. The standard InChI is InChI=1S/C10H13F3N4O4/c1-3-16-9(8(17(20)21)6(2)14-16)15(4-7(18)19)5-10(11,12)13/h3-5H2,1-2H3,(H,18,19). The summed E-state index contributed by atoms with van der Waals surface area (Å²) in [6, 6.07) is 0. The molecular formula is C10H13F3N4O4. The number of aryl methyl sites for hydroxylation is 2. The van der Waals surface area contributed by atoms with Gasteiger partial charge in [-0.1, -0.05) is 0 Å². The Morgan fingerprint density at radius 2 is 2.10 bits per heavy atom. The second kappa shape index (κ2) is 5.97. The Balaban J connectivity index is 3.41. The Labute approximate surface area is 116 Å². The maximum atomic E-state index is 12.6. The van der Waals surface area contributed by atoms with Crippen molar-refractivity contribution in [3.63, 3.8) is 0 Å². The summed E-state index contributed by atoms with van der Waals surface area (Å²) >= 11 is 0. The van der Waals surface area contributed by atoms with E-state index in [1.807, 2.05) is 0 Å². The molecule has 0 unspecified atom stereocenters. The summed E-state index contributed by atoms with van der Waals surface area (Å²) in [7, 11) is 0. The van der Waals surface area contributed by atoms with Crippen molar-refractivity contribution in [1.82, 2.24) is 9.78 Å². The first kappa shape index (κ1) is 16.7. The van der Waals surface area contributed by atoms with E-state index in [2.05, 4.69) is 5.10 Å². The number of anilines is 1. The molecule has 0 fully saturated rings. The van der Waals surface area contributed by atoms with Crippen molar-refractivity contribution in [2.75, 3.05) is 18.0 Å². The summed E-state index contributed by atoms with van der Waals surface area (Å²) in [6.45, 7) is 0.237. The number of carboxylic acids is 1. The van der Waals surface area contributed by atoms with Gasteiger partial charge in [-0.25, -0.2) is 4.68 Å². The first-order valence-electron chi connectivity index (χ1n) is 5.82. The Hall–Kier alpha value is -2.33. The summed E-state index contributed by atoms with van der Waals surface area (Å²) in [5.41, 5.74) is -0.697. The van der Waals surface area contributed by atoms with Crippen molar-refractivity contribution in [2.45, 2.75) is 26.6 Å².